The molecule has 1 aromatic heterocycles. The number of nitrogens with two attached hydrogens (primary N) is 1. The third kappa shape index (κ3) is 3.43. The highest BCUT2D eigenvalue weighted by atomic mass is 16.5. The summed E-state index contributed by atoms with van der Waals surface area (Å²) in [7, 11) is 3.47. The molecule has 0 aliphatic carbocycles. The molecule has 22 heavy (non-hydrogen) atoms. The largest absolute Gasteiger partial charge is 0.461 e. The third-order valence-corrected chi connectivity index (χ3v) is 2.77. The molecule has 0 atom stereocenters. The van der Waals surface area contributed by atoms with E-state index in [0.717, 1.165) is 5.56 Å². The highest BCUT2D eigenvalue weighted by Gasteiger charge is 2.22. The van der Waals surface area contributed by atoms with Crippen molar-refractivity contribution in [1.82, 2.24) is 9.88 Å². The summed E-state index contributed by atoms with van der Waals surface area (Å²) in [6, 6.07) is 9.22. The number of hydrogen-bond donors (Lipinski definition) is 1. The average molecular weight is 302 g/mol. The van der Waals surface area contributed by atoms with E-state index in [-0.39, 0.29) is 30.0 Å². The Balaban J connectivity index is 2.48. The van der Waals surface area contributed by atoms with Crippen molar-refractivity contribution in [3.8, 4) is 11.5 Å². The van der Waals surface area contributed by atoms with E-state index in [1.807, 2.05) is 30.3 Å². The van der Waals surface area contributed by atoms with Crippen LogP contribution in [0.1, 0.15) is 17.4 Å². The maximum absolute atomic E-state index is 12.0. The van der Waals surface area contributed by atoms with Crippen molar-refractivity contribution in [3.05, 3.63) is 36.0 Å². The smallest absolute Gasteiger partial charge is 0.362 e. The lowest BCUT2D eigenvalue weighted by molar-refractivity contribution is 0.0521. The molecule has 1 aromatic carbocycles. The fourth-order valence-corrected chi connectivity index (χ4v) is 1.63. The van der Waals surface area contributed by atoms with Crippen molar-refractivity contribution >= 4 is 17.8 Å². The van der Waals surface area contributed by atoms with Crippen LogP contribution in [0.5, 0.6) is 0 Å². The summed E-state index contributed by atoms with van der Waals surface area (Å²) >= 11 is 0. The molecule has 2 aromatic rings. The molecule has 2 rings (SSSR count). The van der Waals surface area contributed by atoms with Gasteiger partial charge in [-0.25, -0.2) is 4.79 Å². The average Bonchev–Trinajstić information content (AvgIpc) is 2.92. The van der Waals surface area contributed by atoms with E-state index in [4.69, 9.17) is 14.9 Å². The number of oxazole rings is 1. The molecule has 0 fully saturated rings. The molecule has 0 radical (unpaired) electrons. The molecule has 0 aliphatic heterocycles. The monoisotopic (exact) mass is 302 g/mol. The van der Waals surface area contributed by atoms with Crippen molar-refractivity contribution < 1.29 is 13.9 Å². The molecule has 2 N–H and O–H groups in total. The molecule has 7 nitrogen and oxygen atoms in total. The molecule has 0 amide bonds. The second-order valence-corrected chi connectivity index (χ2v) is 4.62. The number of aromatic nitrogens is 1. The zero-order chi connectivity index (χ0) is 16.1. The lowest BCUT2D eigenvalue weighted by Crippen LogP contribution is -2.29. The summed E-state index contributed by atoms with van der Waals surface area (Å²) in [5.74, 6) is -0.0856. The minimum absolute atomic E-state index is 0.00510. The van der Waals surface area contributed by atoms with Gasteiger partial charge >= 0.3 is 5.97 Å². The number of ether oxygens (including phenoxy) is 1. The van der Waals surface area contributed by atoms with Crippen molar-refractivity contribution in [3.63, 3.8) is 0 Å². The predicted molar refractivity (Wildman–Crippen MR) is 82.9 cm³/mol. The van der Waals surface area contributed by atoms with Gasteiger partial charge in [-0.3, -0.25) is 0 Å². The Morgan fingerprint density at radius 3 is 2.64 bits per heavy atom. The van der Waals surface area contributed by atoms with Crippen LogP contribution in [0, 0.1) is 0 Å². The van der Waals surface area contributed by atoms with Crippen LogP contribution in [-0.2, 0) is 4.74 Å². The lowest BCUT2D eigenvalue weighted by atomic mass is 10.2. The van der Waals surface area contributed by atoms with Gasteiger partial charge in [0.1, 0.15) is 0 Å². The van der Waals surface area contributed by atoms with Gasteiger partial charge in [0.15, 0.2) is 5.96 Å². The number of nitrogens with zero attached hydrogens (tertiary/aromatic N) is 3. The standard InChI is InChI=1S/C15H18N4O3/c1-4-21-14(20)11-13(18-15(16)19(2)3)22-12(17-11)10-8-6-5-7-9-10/h5-9H,4H2,1-3H3,(H2,16,18). The molecule has 0 saturated heterocycles. The van der Waals surface area contributed by atoms with Crippen molar-refractivity contribution in [2.24, 2.45) is 10.7 Å². The SMILES string of the molecule is CCOC(=O)c1nc(-c2ccccc2)oc1/N=C(/N)N(C)C. The van der Waals surface area contributed by atoms with E-state index >= 15 is 0 Å². The Morgan fingerprint density at radius 1 is 1.36 bits per heavy atom. The van der Waals surface area contributed by atoms with Gasteiger partial charge in [0.25, 0.3) is 5.88 Å². The zero-order valence-electron chi connectivity index (χ0n) is 12.7. The van der Waals surface area contributed by atoms with E-state index < -0.39 is 5.97 Å². The molecule has 0 unspecified atom stereocenters. The first kappa shape index (κ1) is 15.6. The second-order valence-electron chi connectivity index (χ2n) is 4.62. The normalized spacial score (nSPS) is 11.3. The van der Waals surface area contributed by atoms with Gasteiger partial charge < -0.3 is 19.8 Å². The fraction of sp³-hybridized carbons (Fsp3) is 0.267. The van der Waals surface area contributed by atoms with Crippen LogP contribution in [-0.4, -0.2) is 42.5 Å². The minimum atomic E-state index is -0.598. The van der Waals surface area contributed by atoms with Gasteiger partial charge in [-0.05, 0) is 19.1 Å². The fourth-order valence-electron chi connectivity index (χ4n) is 1.63. The van der Waals surface area contributed by atoms with Gasteiger partial charge in [-0.2, -0.15) is 9.98 Å². The topological polar surface area (TPSA) is 93.9 Å². The van der Waals surface area contributed by atoms with Crippen LogP contribution >= 0.6 is 0 Å². The molecule has 0 aliphatic rings. The summed E-state index contributed by atoms with van der Waals surface area (Å²) in [4.78, 5) is 21.9. The van der Waals surface area contributed by atoms with Crippen LogP contribution in [0.3, 0.4) is 0 Å². The third-order valence-electron chi connectivity index (χ3n) is 2.77. The second kappa shape index (κ2) is 6.75. The van der Waals surface area contributed by atoms with E-state index in [1.54, 1.807) is 25.9 Å². The number of carbonyl (C=O) groups excluding carboxylic acids is 1. The number of aliphatic imine (C=N–C) groups is 1. The Bertz CT molecular complexity index is 677. The first-order chi connectivity index (χ1) is 10.5. The van der Waals surface area contributed by atoms with Crippen LogP contribution in [0.2, 0.25) is 0 Å². The molecular weight excluding hydrogens is 284 g/mol. The summed E-state index contributed by atoms with van der Waals surface area (Å²) in [5.41, 5.74) is 6.51. The molecule has 0 bridgehead atoms. The van der Waals surface area contributed by atoms with Gasteiger partial charge in [0, 0.05) is 19.7 Å². The Hall–Kier alpha value is -2.83. The molecular formula is C15H18N4O3. The molecule has 116 valence electrons. The van der Waals surface area contributed by atoms with Crippen LogP contribution in [0.4, 0.5) is 5.88 Å². The summed E-state index contributed by atoms with van der Waals surface area (Å²) in [5, 5.41) is 0. The number of carbonyl (C=O) groups is 1. The molecule has 7 heteroatoms. The minimum Gasteiger partial charge on any atom is -0.461 e. The number of esters is 1. The van der Waals surface area contributed by atoms with Gasteiger partial charge in [0.05, 0.1) is 6.61 Å². The Kier molecular flexibility index (Phi) is 4.77. The summed E-state index contributed by atoms with van der Waals surface area (Å²) in [6.45, 7) is 1.95. The number of hydrogen-bond acceptors (Lipinski definition) is 5. The molecule has 0 spiro atoms. The van der Waals surface area contributed by atoms with Crippen molar-refractivity contribution in [1.29, 1.82) is 0 Å². The lowest BCUT2D eigenvalue weighted by Gasteiger charge is -2.09. The van der Waals surface area contributed by atoms with Gasteiger partial charge in [-0.1, -0.05) is 18.2 Å². The van der Waals surface area contributed by atoms with Crippen molar-refractivity contribution in [2.45, 2.75) is 6.92 Å². The van der Waals surface area contributed by atoms with Gasteiger partial charge in [0.2, 0.25) is 11.6 Å². The number of benzene rings is 1. The van der Waals surface area contributed by atoms with Crippen LogP contribution in [0.15, 0.2) is 39.7 Å². The van der Waals surface area contributed by atoms with E-state index in [2.05, 4.69) is 9.98 Å². The predicted octanol–water partition coefficient (Wildman–Crippen LogP) is 2.03. The molecule has 0 saturated carbocycles. The highest BCUT2D eigenvalue weighted by molar-refractivity contribution is 5.93. The first-order valence-electron chi connectivity index (χ1n) is 6.77. The Labute approximate surface area is 128 Å². The van der Waals surface area contributed by atoms with Gasteiger partial charge in [-0.15, -0.1) is 0 Å². The maximum Gasteiger partial charge on any atom is 0.362 e. The van der Waals surface area contributed by atoms with E-state index in [0.29, 0.717) is 0 Å². The highest BCUT2D eigenvalue weighted by Crippen LogP contribution is 2.28. The zero-order valence-corrected chi connectivity index (χ0v) is 12.7. The quantitative estimate of drug-likeness (QED) is 0.527. The molecule has 1 heterocycles. The summed E-state index contributed by atoms with van der Waals surface area (Å²) in [6.07, 6.45) is 0. The maximum atomic E-state index is 12.0. The van der Waals surface area contributed by atoms with Crippen LogP contribution < -0.4 is 5.73 Å². The van der Waals surface area contributed by atoms with Crippen molar-refractivity contribution in [2.75, 3.05) is 20.7 Å². The summed E-state index contributed by atoms with van der Waals surface area (Å²) < 4.78 is 10.6. The Morgan fingerprint density at radius 2 is 2.05 bits per heavy atom. The van der Waals surface area contributed by atoms with Crippen LogP contribution in [0.25, 0.3) is 11.5 Å². The first-order valence-corrected chi connectivity index (χ1v) is 6.77. The number of rotatable bonds is 4. The number of guanidine groups is 1. The van der Waals surface area contributed by atoms with E-state index in [9.17, 15) is 4.79 Å². The van der Waals surface area contributed by atoms with E-state index in [1.165, 1.54) is 0 Å².